The number of pyridine rings is 1. The summed E-state index contributed by atoms with van der Waals surface area (Å²) >= 11 is 0. The second-order valence-corrected chi connectivity index (χ2v) is 8.12. The lowest BCUT2D eigenvalue weighted by Gasteiger charge is -2.13. The number of fused-ring (bicyclic) bond motifs is 1. The highest BCUT2D eigenvalue weighted by Gasteiger charge is 2.20. The topological polar surface area (TPSA) is 65.5 Å². The first-order valence-electron chi connectivity index (χ1n) is 9.02. The van der Waals surface area contributed by atoms with Crippen LogP contribution in [-0.4, -0.2) is 20.5 Å². The van der Waals surface area contributed by atoms with E-state index < -0.39 is 10.1 Å². The summed E-state index contributed by atoms with van der Waals surface area (Å²) in [6.07, 6.45) is 0. The van der Waals surface area contributed by atoms with Crippen LogP contribution in [0, 0.1) is 6.92 Å². The summed E-state index contributed by atoms with van der Waals surface area (Å²) in [5.74, 6) is 0.861. The SMILES string of the molecule is COc1ccccc1-c1cc(OS(=O)(=O)c2ccc(C)cc2)c2ccccc2n1. The molecule has 4 rings (SSSR count). The zero-order valence-electron chi connectivity index (χ0n) is 16.0. The van der Waals surface area contributed by atoms with Gasteiger partial charge in [0.2, 0.25) is 0 Å². The summed E-state index contributed by atoms with van der Waals surface area (Å²) in [6.45, 7) is 1.90. The molecule has 29 heavy (non-hydrogen) atoms. The monoisotopic (exact) mass is 405 g/mol. The van der Waals surface area contributed by atoms with Crippen LogP contribution in [0.25, 0.3) is 22.2 Å². The van der Waals surface area contributed by atoms with E-state index in [9.17, 15) is 8.42 Å². The fraction of sp³-hybridized carbons (Fsp3) is 0.0870. The van der Waals surface area contributed by atoms with Crippen molar-refractivity contribution >= 4 is 21.0 Å². The van der Waals surface area contributed by atoms with E-state index in [1.54, 1.807) is 31.4 Å². The fourth-order valence-electron chi connectivity index (χ4n) is 3.08. The van der Waals surface area contributed by atoms with Gasteiger partial charge in [0.25, 0.3) is 0 Å². The molecule has 0 aliphatic rings. The van der Waals surface area contributed by atoms with Gasteiger partial charge in [-0.25, -0.2) is 4.98 Å². The summed E-state index contributed by atoms with van der Waals surface area (Å²) in [4.78, 5) is 4.77. The highest BCUT2D eigenvalue weighted by Crippen LogP contribution is 2.35. The van der Waals surface area contributed by atoms with Crippen LogP contribution in [0.1, 0.15) is 5.56 Å². The Labute approximate surface area is 169 Å². The maximum atomic E-state index is 12.9. The molecule has 1 aromatic heterocycles. The van der Waals surface area contributed by atoms with Crippen LogP contribution in [0.15, 0.2) is 83.8 Å². The minimum absolute atomic E-state index is 0.0998. The number of ether oxygens (including phenoxy) is 1. The molecule has 0 aliphatic heterocycles. The Morgan fingerprint density at radius 3 is 2.28 bits per heavy atom. The van der Waals surface area contributed by atoms with Crippen molar-refractivity contribution in [3.63, 3.8) is 0 Å². The van der Waals surface area contributed by atoms with Crippen LogP contribution in [-0.2, 0) is 10.1 Å². The van der Waals surface area contributed by atoms with Crippen molar-refractivity contribution in [1.82, 2.24) is 4.98 Å². The molecule has 0 spiro atoms. The predicted molar refractivity (Wildman–Crippen MR) is 113 cm³/mol. The van der Waals surface area contributed by atoms with Crippen LogP contribution in [0.4, 0.5) is 0 Å². The highest BCUT2D eigenvalue weighted by atomic mass is 32.2. The number of aromatic nitrogens is 1. The van der Waals surface area contributed by atoms with Crippen molar-refractivity contribution in [2.75, 3.05) is 7.11 Å². The largest absolute Gasteiger partial charge is 0.496 e. The predicted octanol–water partition coefficient (Wildman–Crippen LogP) is 4.99. The molecule has 1 heterocycles. The molecule has 0 saturated carbocycles. The van der Waals surface area contributed by atoms with Crippen molar-refractivity contribution < 1.29 is 17.3 Å². The van der Waals surface area contributed by atoms with Gasteiger partial charge in [-0.05, 0) is 43.3 Å². The number of para-hydroxylation sites is 2. The lowest BCUT2D eigenvalue weighted by molar-refractivity contribution is 0.416. The number of nitrogens with zero attached hydrogens (tertiary/aromatic N) is 1. The Bertz CT molecular complexity index is 1280. The minimum Gasteiger partial charge on any atom is -0.496 e. The average molecular weight is 405 g/mol. The standard InChI is InChI=1S/C23H19NO4S/c1-16-11-13-17(14-12-16)29(25,26)28-23-15-21(19-8-4-6-10-22(19)27-2)24-20-9-5-3-7-18(20)23/h3-15H,1-2H3. The maximum Gasteiger partial charge on any atom is 0.339 e. The third-order valence-corrected chi connectivity index (χ3v) is 5.82. The van der Waals surface area contributed by atoms with Gasteiger partial charge in [-0.15, -0.1) is 0 Å². The number of rotatable bonds is 5. The molecule has 3 aromatic carbocycles. The number of hydrogen-bond donors (Lipinski definition) is 0. The molecule has 0 saturated heterocycles. The molecule has 6 heteroatoms. The molecule has 4 aromatic rings. The molecule has 0 radical (unpaired) electrons. The van der Waals surface area contributed by atoms with E-state index >= 15 is 0 Å². The van der Waals surface area contributed by atoms with Gasteiger partial charge in [0.1, 0.15) is 10.6 Å². The van der Waals surface area contributed by atoms with Crippen LogP contribution in [0.2, 0.25) is 0 Å². The molecule has 0 amide bonds. The van der Waals surface area contributed by atoms with E-state index in [1.807, 2.05) is 49.4 Å². The third-order valence-electron chi connectivity index (χ3n) is 4.57. The first-order valence-corrected chi connectivity index (χ1v) is 10.4. The minimum atomic E-state index is -4.00. The zero-order chi connectivity index (χ0) is 20.4. The van der Waals surface area contributed by atoms with Gasteiger partial charge < -0.3 is 8.92 Å². The van der Waals surface area contributed by atoms with Crippen molar-refractivity contribution in [3.05, 3.63) is 84.4 Å². The molecule has 0 bridgehead atoms. The van der Waals surface area contributed by atoms with Gasteiger partial charge in [-0.1, -0.05) is 42.0 Å². The Hall–Kier alpha value is -3.38. The van der Waals surface area contributed by atoms with E-state index in [0.29, 0.717) is 22.3 Å². The number of benzene rings is 3. The number of aryl methyl sites for hydroxylation is 1. The van der Waals surface area contributed by atoms with Crippen LogP contribution in [0.5, 0.6) is 11.5 Å². The van der Waals surface area contributed by atoms with Gasteiger partial charge in [-0.2, -0.15) is 8.42 Å². The van der Waals surface area contributed by atoms with E-state index in [2.05, 4.69) is 4.98 Å². The third kappa shape index (κ3) is 3.79. The second-order valence-electron chi connectivity index (χ2n) is 6.57. The lowest BCUT2D eigenvalue weighted by atomic mass is 10.1. The maximum absolute atomic E-state index is 12.9. The second kappa shape index (κ2) is 7.56. The summed E-state index contributed by atoms with van der Waals surface area (Å²) in [7, 11) is -2.41. The smallest absolute Gasteiger partial charge is 0.339 e. The molecule has 0 atom stereocenters. The first kappa shape index (κ1) is 19.0. The summed E-state index contributed by atoms with van der Waals surface area (Å²) in [5.41, 5.74) is 2.91. The Kier molecular flexibility index (Phi) is 4.94. The van der Waals surface area contributed by atoms with Crippen LogP contribution >= 0.6 is 0 Å². The molecule has 146 valence electrons. The molecule has 0 N–H and O–H groups in total. The quantitative estimate of drug-likeness (QED) is 0.438. The van der Waals surface area contributed by atoms with Crippen molar-refractivity contribution in [2.45, 2.75) is 11.8 Å². The summed E-state index contributed by atoms with van der Waals surface area (Å²) < 4.78 is 36.7. The number of methoxy groups -OCH3 is 1. The van der Waals surface area contributed by atoms with Gasteiger partial charge in [0.15, 0.2) is 5.75 Å². The van der Waals surface area contributed by atoms with Gasteiger partial charge in [0, 0.05) is 17.0 Å². The van der Waals surface area contributed by atoms with E-state index in [0.717, 1.165) is 11.1 Å². The Morgan fingerprint density at radius 2 is 1.52 bits per heavy atom. The van der Waals surface area contributed by atoms with Crippen molar-refractivity contribution in [2.24, 2.45) is 0 Å². The molecule has 0 unspecified atom stereocenters. The average Bonchev–Trinajstić information content (AvgIpc) is 2.73. The molecular formula is C23H19NO4S. The molecular weight excluding hydrogens is 386 g/mol. The summed E-state index contributed by atoms with van der Waals surface area (Å²) in [5, 5.41) is 0.613. The van der Waals surface area contributed by atoms with Crippen molar-refractivity contribution in [1.29, 1.82) is 0 Å². The lowest BCUT2D eigenvalue weighted by Crippen LogP contribution is -2.10. The molecule has 0 fully saturated rings. The van der Waals surface area contributed by atoms with E-state index in [-0.39, 0.29) is 10.6 Å². The first-order chi connectivity index (χ1) is 14.0. The Morgan fingerprint density at radius 1 is 0.828 bits per heavy atom. The van der Waals surface area contributed by atoms with Crippen LogP contribution < -0.4 is 8.92 Å². The molecule has 0 aliphatic carbocycles. The van der Waals surface area contributed by atoms with Gasteiger partial charge >= 0.3 is 10.1 Å². The zero-order valence-corrected chi connectivity index (χ0v) is 16.8. The Balaban J connectivity index is 1.86. The van der Waals surface area contributed by atoms with E-state index in [4.69, 9.17) is 8.92 Å². The number of hydrogen-bond acceptors (Lipinski definition) is 5. The van der Waals surface area contributed by atoms with Crippen LogP contribution in [0.3, 0.4) is 0 Å². The van der Waals surface area contributed by atoms with Gasteiger partial charge in [0.05, 0.1) is 18.3 Å². The highest BCUT2D eigenvalue weighted by molar-refractivity contribution is 7.87. The van der Waals surface area contributed by atoms with E-state index in [1.165, 1.54) is 12.1 Å². The van der Waals surface area contributed by atoms with Crippen molar-refractivity contribution in [3.8, 4) is 22.8 Å². The summed E-state index contributed by atoms with van der Waals surface area (Å²) in [6, 6.07) is 22.9. The normalized spacial score (nSPS) is 11.4. The van der Waals surface area contributed by atoms with Gasteiger partial charge in [-0.3, -0.25) is 0 Å². The molecule has 5 nitrogen and oxygen atoms in total. The fourth-order valence-corrected chi connectivity index (χ4v) is 4.02.